The number of oxime groups is 1. The Labute approximate surface area is 135 Å². The molecule has 0 amide bonds. The summed E-state index contributed by atoms with van der Waals surface area (Å²) in [7, 11) is 0. The highest BCUT2D eigenvalue weighted by Crippen LogP contribution is 2.31. The molecule has 1 saturated heterocycles. The molecule has 5 heteroatoms. The zero-order valence-electron chi connectivity index (χ0n) is 13.0. The van der Waals surface area contributed by atoms with Gasteiger partial charge in [-0.1, -0.05) is 29.4 Å². The van der Waals surface area contributed by atoms with Crippen molar-refractivity contribution in [3.05, 3.63) is 47.2 Å². The van der Waals surface area contributed by atoms with Crippen LogP contribution in [0.3, 0.4) is 0 Å². The lowest BCUT2D eigenvalue weighted by Gasteiger charge is -2.36. The minimum atomic E-state index is -0.0874. The van der Waals surface area contributed by atoms with Crippen molar-refractivity contribution in [1.82, 2.24) is 10.2 Å². The Hall–Kier alpha value is -2.14. The van der Waals surface area contributed by atoms with Gasteiger partial charge in [0.15, 0.2) is 5.60 Å². The lowest BCUT2D eigenvalue weighted by Crippen LogP contribution is -2.59. The quantitative estimate of drug-likeness (QED) is 0.901. The SMILES string of the molecule is C1=NCN(C2Cc3ccccc3C2)C=C1C1=NOC2(CNC2)C1. The van der Waals surface area contributed by atoms with Gasteiger partial charge in [-0.15, -0.1) is 0 Å². The Morgan fingerprint density at radius 2 is 1.96 bits per heavy atom. The third-order valence-corrected chi connectivity index (χ3v) is 5.35. The normalized spacial score (nSPS) is 25.0. The van der Waals surface area contributed by atoms with Gasteiger partial charge in [-0.2, -0.15) is 0 Å². The maximum absolute atomic E-state index is 5.66. The van der Waals surface area contributed by atoms with Crippen molar-refractivity contribution in [1.29, 1.82) is 0 Å². The first-order chi connectivity index (χ1) is 11.3. The van der Waals surface area contributed by atoms with E-state index < -0.39 is 0 Å². The summed E-state index contributed by atoms with van der Waals surface area (Å²) < 4.78 is 0. The van der Waals surface area contributed by atoms with Crippen LogP contribution in [0, 0.1) is 0 Å². The molecule has 0 aromatic heterocycles. The molecule has 0 saturated carbocycles. The Kier molecular flexibility index (Phi) is 2.85. The number of nitrogens with zero attached hydrogens (tertiary/aromatic N) is 3. The minimum absolute atomic E-state index is 0.0874. The van der Waals surface area contributed by atoms with Crippen LogP contribution < -0.4 is 5.32 Å². The van der Waals surface area contributed by atoms with Crippen molar-refractivity contribution in [2.45, 2.75) is 30.9 Å². The number of fused-ring (bicyclic) bond motifs is 1. The molecule has 4 aliphatic rings. The summed E-state index contributed by atoms with van der Waals surface area (Å²) in [6.07, 6.45) is 7.28. The van der Waals surface area contributed by atoms with Gasteiger partial charge in [-0.05, 0) is 24.0 Å². The smallest absolute Gasteiger partial charge is 0.167 e. The molecule has 1 aromatic carbocycles. The van der Waals surface area contributed by atoms with Crippen LogP contribution in [0.5, 0.6) is 0 Å². The summed E-state index contributed by atoms with van der Waals surface area (Å²) in [5.41, 5.74) is 5.01. The number of rotatable bonds is 2. The van der Waals surface area contributed by atoms with Gasteiger partial charge < -0.3 is 15.1 Å². The zero-order valence-corrected chi connectivity index (χ0v) is 13.0. The second kappa shape index (κ2) is 4.93. The number of nitrogens with one attached hydrogen (secondary N) is 1. The predicted molar refractivity (Wildman–Crippen MR) is 89.7 cm³/mol. The molecule has 1 N–H and O–H groups in total. The van der Waals surface area contributed by atoms with Gasteiger partial charge >= 0.3 is 0 Å². The molecule has 5 rings (SSSR count). The molecular formula is C18H20N4O. The van der Waals surface area contributed by atoms with Crippen LogP contribution in [-0.2, 0) is 17.7 Å². The van der Waals surface area contributed by atoms with Crippen LogP contribution in [0.15, 0.2) is 46.2 Å². The molecule has 1 spiro atoms. The number of aliphatic imine (C=N–C) groups is 1. The third-order valence-electron chi connectivity index (χ3n) is 5.35. The van der Waals surface area contributed by atoms with E-state index in [2.05, 4.69) is 50.8 Å². The van der Waals surface area contributed by atoms with Crippen LogP contribution >= 0.6 is 0 Å². The molecule has 0 bridgehead atoms. The summed E-state index contributed by atoms with van der Waals surface area (Å²) in [4.78, 5) is 12.6. The van der Waals surface area contributed by atoms with Crippen LogP contribution in [0.25, 0.3) is 0 Å². The van der Waals surface area contributed by atoms with E-state index in [1.165, 1.54) is 11.1 Å². The Morgan fingerprint density at radius 1 is 1.17 bits per heavy atom. The molecular weight excluding hydrogens is 288 g/mol. The van der Waals surface area contributed by atoms with Crippen LogP contribution in [-0.4, -0.2) is 48.2 Å². The lowest BCUT2D eigenvalue weighted by molar-refractivity contribution is -0.0559. The first-order valence-electron chi connectivity index (χ1n) is 8.32. The van der Waals surface area contributed by atoms with Gasteiger partial charge in [0.2, 0.25) is 0 Å². The van der Waals surface area contributed by atoms with Crippen molar-refractivity contribution in [2.24, 2.45) is 10.1 Å². The van der Waals surface area contributed by atoms with Crippen LogP contribution in [0.4, 0.5) is 0 Å². The number of hydrogen-bond acceptors (Lipinski definition) is 5. The summed E-state index contributed by atoms with van der Waals surface area (Å²) in [5.74, 6) is 0. The molecule has 1 fully saturated rings. The zero-order chi connectivity index (χ0) is 15.3. The standard InChI is InChI=1S/C18H20N4O/c1-2-4-14-6-16(5-13(14)3-1)22-9-15(8-19-12-22)17-7-18(23-21-17)10-20-11-18/h1-4,8-9,16,20H,5-7,10-12H2. The Bertz CT molecular complexity index is 707. The molecule has 3 heterocycles. The molecule has 5 nitrogen and oxygen atoms in total. The summed E-state index contributed by atoms with van der Waals surface area (Å²) in [6, 6.07) is 9.26. The van der Waals surface area contributed by atoms with Crippen molar-refractivity contribution in [2.75, 3.05) is 19.8 Å². The molecule has 1 aliphatic carbocycles. The number of hydrogen-bond donors (Lipinski definition) is 1. The lowest BCUT2D eigenvalue weighted by atomic mass is 9.89. The molecule has 1 aromatic rings. The Morgan fingerprint density at radius 3 is 2.61 bits per heavy atom. The predicted octanol–water partition coefficient (Wildman–Crippen LogP) is 1.50. The first kappa shape index (κ1) is 13.3. The van der Waals surface area contributed by atoms with E-state index in [1.807, 2.05) is 6.21 Å². The van der Waals surface area contributed by atoms with Crippen LogP contribution in [0.1, 0.15) is 17.5 Å². The van der Waals surface area contributed by atoms with Gasteiger partial charge in [-0.25, -0.2) is 0 Å². The number of allylic oxidation sites excluding steroid dienone is 1. The van der Waals surface area contributed by atoms with Gasteiger partial charge in [0, 0.05) is 43.5 Å². The largest absolute Gasteiger partial charge is 0.386 e. The fourth-order valence-corrected chi connectivity index (χ4v) is 3.90. The van der Waals surface area contributed by atoms with Gasteiger partial charge in [0.1, 0.15) is 6.67 Å². The van der Waals surface area contributed by atoms with E-state index in [0.29, 0.717) is 6.04 Å². The maximum atomic E-state index is 5.66. The van der Waals surface area contributed by atoms with Crippen molar-refractivity contribution in [3.63, 3.8) is 0 Å². The third kappa shape index (κ3) is 2.18. The summed E-state index contributed by atoms with van der Waals surface area (Å²) >= 11 is 0. The summed E-state index contributed by atoms with van der Waals surface area (Å²) in [6.45, 7) is 2.53. The second-order valence-electron chi connectivity index (χ2n) is 6.98. The first-order valence-corrected chi connectivity index (χ1v) is 8.32. The molecule has 23 heavy (non-hydrogen) atoms. The molecule has 0 atom stereocenters. The minimum Gasteiger partial charge on any atom is -0.386 e. The van der Waals surface area contributed by atoms with E-state index in [0.717, 1.165) is 50.3 Å². The summed E-state index contributed by atoms with van der Waals surface area (Å²) in [5, 5.41) is 7.59. The van der Waals surface area contributed by atoms with Gasteiger partial charge in [0.05, 0.1) is 5.71 Å². The molecule has 3 aliphatic heterocycles. The van der Waals surface area contributed by atoms with E-state index in [1.54, 1.807) is 0 Å². The molecule has 0 radical (unpaired) electrons. The van der Waals surface area contributed by atoms with Crippen LogP contribution in [0.2, 0.25) is 0 Å². The topological polar surface area (TPSA) is 49.2 Å². The highest BCUT2D eigenvalue weighted by atomic mass is 16.7. The van der Waals surface area contributed by atoms with Crippen molar-refractivity contribution in [3.8, 4) is 0 Å². The molecule has 118 valence electrons. The Balaban J connectivity index is 1.34. The average molecular weight is 308 g/mol. The number of benzene rings is 1. The van der Waals surface area contributed by atoms with Crippen molar-refractivity contribution >= 4 is 11.9 Å². The fraction of sp³-hybridized carbons (Fsp3) is 0.444. The highest BCUT2D eigenvalue weighted by molar-refractivity contribution is 6.17. The monoisotopic (exact) mass is 308 g/mol. The average Bonchev–Trinajstić information content (AvgIpc) is 3.19. The van der Waals surface area contributed by atoms with Gasteiger partial charge in [0.25, 0.3) is 0 Å². The maximum Gasteiger partial charge on any atom is 0.167 e. The molecule has 0 unspecified atom stereocenters. The van der Waals surface area contributed by atoms with E-state index in [4.69, 9.17) is 4.84 Å². The van der Waals surface area contributed by atoms with E-state index in [9.17, 15) is 0 Å². The fourth-order valence-electron chi connectivity index (χ4n) is 3.90. The van der Waals surface area contributed by atoms with Gasteiger partial charge in [-0.3, -0.25) is 4.99 Å². The highest BCUT2D eigenvalue weighted by Gasteiger charge is 2.45. The second-order valence-corrected chi connectivity index (χ2v) is 6.98. The van der Waals surface area contributed by atoms with E-state index in [-0.39, 0.29) is 5.60 Å². The van der Waals surface area contributed by atoms with Crippen molar-refractivity contribution < 1.29 is 4.84 Å². The van der Waals surface area contributed by atoms with E-state index >= 15 is 0 Å².